The zero-order valence-corrected chi connectivity index (χ0v) is 17.6. The lowest BCUT2D eigenvalue weighted by atomic mass is 9.92. The zero-order chi connectivity index (χ0) is 19.2. The standard InChI is InChI=1S/C19H26N4O2S2/c1-4-25-16-8-6-5-7-15(16)20-18-21-22-19(27-18)26-12-17(24)23-10-13(2)9-14(3)11-23/h5-8,13-14H,4,9-12H2,1-3H3,(H,20,21). The fraction of sp³-hybridized carbons (Fsp3) is 0.526. The van der Waals surface area contributed by atoms with Crippen LogP contribution in [0.2, 0.25) is 0 Å². The fourth-order valence-corrected chi connectivity index (χ4v) is 5.03. The molecule has 3 rings (SSSR count). The Morgan fingerprint density at radius 2 is 2.04 bits per heavy atom. The monoisotopic (exact) mass is 406 g/mol. The van der Waals surface area contributed by atoms with Crippen LogP contribution in [-0.4, -0.2) is 46.5 Å². The molecule has 2 aromatic rings. The van der Waals surface area contributed by atoms with Crippen molar-refractivity contribution in [2.45, 2.75) is 31.5 Å². The summed E-state index contributed by atoms with van der Waals surface area (Å²) < 4.78 is 6.41. The number of hydrogen-bond acceptors (Lipinski definition) is 7. The molecule has 0 spiro atoms. The van der Waals surface area contributed by atoms with Crippen LogP contribution in [0.15, 0.2) is 28.6 Å². The van der Waals surface area contributed by atoms with Gasteiger partial charge in [-0.15, -0.1) is 10.2 Å². The number of nitrogens with zero attached hydrogens (tertiary/aromatic N) is 3. The van der Waals surface area contributed by atoms with E-state index in [1.165, 1.54) is 29.5 Å². The van der Waals surface area contributed by atoms with Gasteiger partial charge in [-0.1, -0.05) is 49.1 Å². The summed E-state index contributed by atoms with van der Waals surface area (Å²) >= 11 is 2.90. The first kappa shape index (κ1) is 19.9. The van der Waals surface area contributed by atoms with Crippen molar-refractivity contribution in [2.24, 2.45) is 11.8 Å². The van der Waals surface area contributed by atoms with E-state index in [-0.39, 0.29) is 5.91 Å². The van der Waals surface area contributed by atoms with Gasteiger partial charge in [0.2, 0.25) is 11.0 Å². The molecule has 1 aromatic heterocycles. The molecule has 27 heavy (non-hydrogen) atoms. The lowest BCUT2D eigenvalue weighted by molar-refractivity contribution is -0.130. The molecule has 8 heteroatoms. The molecule has 2 heterocycles. The number of carbonyl (C=O) groups is 1. The molecular weight excluding hydrogens is 380 g/mol. The first-order chi connectivity index (χ1) is 13.0. The molecule has 0 bridgehead atoms. The highest BCUT2D eigenvalue weighted by Gasteiger charge is 2.25. The van der Waals surface area contributed by atoms with Gasteiger partial charge in [0.1, 0.15) is 5.75 Å². The summed E-state index contributed by atoms with van der Waals surface area (Å²) in [6, 6.07) is 7.75. The molecular formula is C19H26N4O2S2. The van der Waals surface area contributed by atoms with Crippen LogP contribution in [-0.2, 0) is 4.79 Å². The highest BCUT2D eigenvalue weighted by molar-refractivity contribution is 8.01. The molecule has 1 amide bonds. The summed E-state index contributed by atoms with van der Waals surface area (Å²) in [4.78, 5) is 14.5. The predicted octanol–water partition coefficient (Wildman–Crippen LogP) is 4.28. The number of para-hydroxylation sites is 2. The SMILES string of the molecule is CCOc1ccccc1Nc1nnc(SCC(=O)N2CC(C)CC(C)C2)s1. The first-order valence-corrected chi connectivity index (χ1v) is 11.1. The smallest absolute Gasteiger partial charge is 0.233 e. The third-order valence-corrected chi connectivity index (χ3v) is 6.33. The van der Waals surface area contributed by atoms with Crippen molar-refractivity contribution in [2.75, 3.05) is 30.8 Å². The Balaban J connectivity index is 1.55. The van der Waals surface area contributed by atoms with Gasteiger partial charge in [-0.05, 0) is 37.3 Å². The molecule has 1 N–H and O–H groups in total. The largest absolute Gasteiger partial charge is 0.492 e. The number of likely N-dealkylation sites (tertiary alicyclic amines) is 1. The van der Waals surface area contributed by atoms with Gasteiger partial charge in [0.05, 0.1) is 18.0 Å². The summed E-state index contributed by atoms with van der Waals surface area (Å²) in [5.74, 6) is 2.53. The Bertz CT molecular complexity index is 758. The Morgan fingerprint density at radius 3 is 2.78 bits per heavy atom. The maximum atomic E-state index is 12.5. The van der Waals surface area contributed by atoms with Gasteiger partial charge in [-0.3, -0.25) is 4.79 Å². The molecule has 1 aliphatic rings. The molecule has 0 aliphatic carbocycles. The fourth-order valence-electron chi connectivity index (χ4n) is 3.37. The zero-order valence-electron chi connectivity index (χ0n) is 16.0. The molecule has 1 aliphatic heterocycles. The molecule has 0 radical (unpaired) electrons. The second kappa shape index (κ2) is 9.41. The summed E-state index contributed by atoms with van der Waals surface area (Å²) in [5.41, 5.74) is 0.861. The minimum Gasteiger partial charge on any atom is -0.492 e. The van der Waals surface area contributed by atoms with Gasteiger partial charge >= 0.3 is 0 Å². The van der Waals surface area contributed by atoms with Gasteiger partial charge in [0, 0.05) is 13.1 Å². The van der Waals surface area contributed by atoms with E-state index >= 15 is 0 Å². The molecule has 6 nitrogen and oxygen atoms in total. The molecule has 0 saturated carbocycles. The summed E-state index contributed by atoms with van der Waals surface area (Å²) in [6.45, 7) is 8.71. The van der Waals surface area contributed by atoms with Gasteiger partial charge in [0.25, 0.3) is 0 Å². The summed E-state index contributed by atoms with van der Waals surface area (Å²) in [5, 5.41) is 12.3. The molecule has 1 aromatic carbocycles. The van der Waals surface area contributed by atoms with E-state index in [1.54, 1.807) is 0 Å². The number of rotatable bonds is 7. The number of carbonyl (C=O) groups excluding carboxylic acids is 1. The van der Waals surface area contributed by atoms with Crippen LogP contribution < -0.4 is 10.1 Å². The van der Waals surface area contributed by atoms with Gasteiger partial charge < -0.3 is 15.0 Å². The number of amides is 1. The Morgan fingerprint density at radius 1 is 1.30 bits per heavy atom. The van der Waals surface area contributed by atoms with Gasteiger partial charge in [0.15, 0.2) is 4.34 Å². The number of anilines is 2. The van der Waals surface area contributed by atoms with Crippen molar-refractivity contribution in [3.05, 3.63) is 24.3 Å². The highest BCUT2D eigenvalue weighted by Crippen LogP contribution is 2.32. The Kier molecular flexibility index (Phi) is 6.95. The van der Waals surface area contributed by atoms with Crippen molar-refractivity contribution in [1.82, 2.24) is 15.1 Å². The van der Waals surface area contributed by atoms with Crippen LogP contribution >= 0.6 is 23.1 Å². The lowest BCUT2D eigenvalue weighted by Crippen LogP contribution is -2.43. The Labute approximate surface area is 168 Å². The number of thioether (sulfide) groups is 1. The maximum absolute atomic E-state index is 12.5. The van der Waals surface area contributed by atoms with E-state index in [0.717, 1.165) is 28.9 Å². The van der Waals surface area contributed by atoms with Crippen LogP contribution in [0.1, 0.15) is 27.2 Å². The predicted molar refractivity (Wildman–Crippen MR) is 111 cm³/mol. The van der Waals surface area contributed by atoms with Crippen molar-refractivity contribution in [3.63, 3.8) is 0 Å². The molecule has 2 atom stereocenters. The normalized spacial score (nSPS) is 19.7. The number of hydrogen-bond donors (Lipinski definition) is 1. The molecule has 1 fully saturated rings. The van der Waals surface area contributed by atoms with E-state index in [1.807, 2.05) is 36.1 Å². The number of aromatic nitrogens is 2. The Hall–Kier alpha value is -1.80. The van der Waals surface area contributed by atoms with Crippen molar-refractivity contribution >= 4 is 39.8 Å². The molecule has 2 unspecified atom stereocenters. The highest BCUT2D eigenvalue weighted by atomic mass is 32.2. The van der Waals surface area contributed by atoms with Crippen LogP contribution in [0.4, 0.5) is 10.8 Å². The average Bonchev–Trinajstić information content (AvgIpc) is 3.08. The van der Waals surface area contributed by atoms with Crippen LogP contribution in [0.25, 0.3) is 0 Å². The maximum Gasteiger partial charge on any atom is 0.233 e. The van der Waals surface area contributed by atoms with Crippen LogP contribution in [0.3, 0.4) is 0 Å². The van der Waals surface area contributed by atoms with Crippen molar-refractivity contribution in [3.8, 4) is 5.75 Å². The van der Waals surface area contributed by atoms with E-state index < -0.39 is 0 Å². The van der Waals surface area contributed by atoms with E-state index in [4.69, 9.17) is 4.74 Å². The second-order valence-electron chi connectivity index (χ2n) is 6.96. The number of piperidine rings is 1. The minimum atomic E-state index is 0.185. The number of benzene rings is 1. The van der Waals surface area contributed by atoms with E-state index in [2.05, 4.69) is 29.4 Å². The quantitative estimate of drug-likeness (QED) is 0.693. The van der Waals surface area contributed by atoms with E-state index in [9.17, 15) is 4.79 Å². The summed E-state index contributed by atoms with van der Waals surface area (Å²) in [6.07, 6.45) is 1.20. The van der Waals surface area contributed by atoms with Crippen LogP contribution in [0, 0.1) is 11.8 Å². The third kappa shape index (κ3) is 5.59. The van der Waals surface area contributed by atoms with Crippen LogP contribution in [0.5, 0.6) is 5.75 Å². The first-order valence-electron chi connectivity index (χ1n) is 9.28. The topological polar surface area (TPSA) is 67.3 Å². The lowest BCUT2D eigenvalue weighted by Gasteiger charge is -2.34. The van der Waals surface area contributed by atoms with Gasteiger partial charge in [-0.2, -0.15) is 0 Å². The minimum absolute atomic E-state index is 0.185. The van der Waals surface area contributed by atoms with E-state index in [0.29, 0.717) is 29.3 Å². The van der Waals surface area contributed by atoms with Crippen molar-refractivity contribution < 1.29 is 9.53 Å². The van der Waals surface area contributed by atoms with Crippen molar-refractivity contribution in [1.29, 1.82) is 0 Å². The average molecular weight is 407 g/mol. The number of ether oxygens (including phenoxy) is 1. The molecule has 146 valence electrons. The van der Waals surface area contributed by atoms with Gasteiger partial charge in [-0.25, -0.2) is 0 Å². The third-order valence-electron chi connectivity index (χ3n) is 4.38. The second-order valence-corrected chi connectivity index (χ2v) is 9.16. The molecule has 1 saturated heterocycles. The number of nitrogens with one attached hydrogen (secondary N) is 1. The summed E-state index contributed by atoms with van der Waals surface area (Å²) in [7, 11) is 0.